The zero-order chi connectivity index (χ0) is 14.8. The molecule has 21 heavy (non-hydrogen) atoms. The maximum absolute atomic E-state index is 13.2. The van der Waals surface area contributed by atoms with Gasteiger partial charge < -0.3 is 14.6 Å². The Kier molecular flexibility index (Phi) is 3.75. The van der Waals surface area contributed by atoms with Gasteiger partial charge in [0.25, 0.3) is 5.91 Å². The first-order valence-corrected chi connectivity index (χ1v) is 7.02. The average Bonchev–Trinajstić information content (AvgIpc) is 2.96. The second kappa shape index (κ2) is 5.69. The van der Waals surface area contributed by atoms with Gasteiger partial charge >= 0.3 is 0 Å². The summed E-state index contributed by atoms with van der Waals surface area (Å²) in [5, 5.41) is 3.29. The fourth-order valence-corrected chi connectivity index (χ4v) is 2.52. The van der Waals surface area contributed by atoms with Crippen molar-refractivity contribution in [3.05, 3.63) is 48.0 Å². The first-order valence-electron chi connectivity index (χ1n) is 7.02. The number of nitrogens with one attached hydrogen (secondary N) is 1. The third kappa shape index (κ3) is 2.97. The molecular formula is C16H17FN2O2. The standard InChI is InChI=1S/C16H17FN2O2/c1-11-10-19(8-7-18-11)16(20)15-6-5-14(21-15)12-3-2-4-13(17)9-12/h2-6,9,11,18H,7-8,10H2,1H3/t11-/m1/s1. The highest BCUT2D eigenvalue weighted by atomic mass is 19.1. The smallest absolute Gasteiger partial charge is 0.289 e. The van der Waals surface area contributed by atoms with Crippen LogP contribution in [-0.2, 0) is 0 Å². The summed E-state index contributed by atoms with van der Waals surface area (Å²) in [5.74, 6) is 0.350. The lowest BCUT2D eigenvalue weighted by Gasteiger charge is -2.31. The molecule has 0 bridgehead atoms. The fourth-order valence-electron chi connectivity index (χ4n) is 2.52. The highest BCUT2D eigenvalue weighted by molar-refractivity contribution is 5.92. The topological polar surface area (TPSA) is 45.5 Å². The van der Waals surface area contributed by atoms with Crippen molar-refractivity contribution < 1.29 is 13.6 Å². The number of hydrogen-bond acceptors (Lipinski definition) is 3. The van der Waals surface area contributed by atoms with Gasteiger partial charge in [-0.1, -0.05) is 12.1 Å². The Morgan fingerprint density at radius 2 is 2.24 bits per heavy atom. The minimum atomic E-state index is -0.326. The van der Waals surface area contributed by atoms with E-state index in [1.165, 1.54) is 12.1 Å². The van der Waals surface area contributed by atoms with E-state index in [1.54, 1.807) is 29.2 Å². The molecule has 1 atom stereocenters. The van der Waals surface area contributed by atoms with E-state index in [-0.39, 0.29) is 17.8 Å². The summed E-state index contributed by atoms with van der Waals surface area (Å²) in [6.45, 7) is 4.15. The Labute approximate surface area is 122 Å². The van der Waals surface area contributed by atoms with Crippen LogP contribution in [0.3, 0.4) is 0 Å². The van der Waals surface area contributed by atoms with Gasteiger partial charge in [-0.25, -0.2) is 4.39 Å². The lowest BCUT2D eigenvalue weighted by molar-refractivity contribution is 0.0678. The minimum Gasteiger partial charge on any atom is -0.451 e. The van der Waals surface area contributed by atoms with E-state index < -0.39 is 0 Å². The Bertz CT molecular complexity index is 653. The molecule has 0 radical (unpaired) electrons. The molecular weight excluding hydrogens is 271 g/mol. The molecule has 1 saturated heterocycles. The number of hydrogen-bond donors (Lipinski definition) is 1. The maximum Gasteiger partial charge on any atom is 0.289 e. The van der Waals surface area contributed by atoms with Crippen LogP contribution in [0.25, 0.3) is 11.3 Å². The van der Waals surface area contributed by atoms with Crippen LogP contribution in [0.15, 0.2) is 40.8 Å². The van der Waals surface area contributed by atoms with Crippen molar-refractivity contribution in [3.63, 3.8) is 0 Å². The number of halogens is 1. The largest absolute Gasteiger partial charge is 0.451 e. The number of rotatable bonds is 2. The predicted octanol–water partition coefficient (Wildman–Crippen LogP) is 2.52. The quantitative estimate of drug-likeness (QED) is 0.923. The van der Waals surface area contributed by atoms with E-state index in [1.807, 2.05) is 6.92 Å². The van der Waals surface area contributed by atoms with Gasteiger partial charge in [-0.3, -0.25) is 4.79 Å². The summed E-state index contributed by atoms with van der Waals surface area (Å²) in [7, 11) is 0. The van der Waals surface area contributed by atoms with Gasteiger partial charge in [-0.2, -0.15) is 0 Å². The molecule has 2 heterocycles. The van der Waals surface area contributed by atoms with E-state index in [0.29, 0.717) is 30.2 Å². The molecule has 0 saturated carbocycles. The number of furan rings is 1. The second-order valence-electron chi connectivity index (χ2n) is 5.28. The van der Waals surface area contributed by atoms with Crippen LogP contribution in [0.1, 0.15) is 17.5 Å². The maximum atomic E-state index is 13.2. The lowest BCUT2D eigenvalue weighted by Crippen LogP contribution is -2.51. The molecule has 3 rings (SSSR count). The highest BCUT2D eigenvalue weighted by Crippen LogP contribution is 2.23. The fraction of sp³-hybridized carbons (Fsp3) is 0.312. The van der Waals surface area contributed by atoms with Crippen LogP contribution in [0.5, 0.6) is 0 Å². The van der Waals surface area contributed by atoms with Crippen LogP contribution in [-0.4, -0.2) is 36.5 Å². The summed E-state index contributed by atoms with van der Waals surface area (Å²) in [6, 6.07) is 9.76. The van der Waals surface area contributed by atoms with Crippen LogP contribution in [0.4, 0.5) is 4.39 Å². The average molecular weight is 288 g/mol. The highest BCUT2D eigenvalue weighted by Gasteiger charge is 2.24. The molecule has 0 unspecified atom stereocenters. The van der Waals surface area contributed by atoms with Crippen molar-refractivity contribution in [2.75, 3.05) is 19.6 Å². The molecule has 0 aliphatic carbocycles. The van der Waals surface area contributed by atoms with Crippen LogP contribution >= 0.6 is 0 Å². The number of nitrogens with zero attached hydrogens (tertiary/aromatic N) is 1. The first-order chi connectivity index (χ1) is 10.1. The summed E-state index contributed by atoms with van der Waals surface area (Å²) < 4.78 is 18.8. The van der Waals surface area contributed by atoms with Crippen molar-refractivity contribution in [2.45, 2.75) is 13.0 Å². The second-order valence-corrected chi connectivity index (χ2v) is 5.28. The van der Waals surface area contributed by atoms with E-state index in [2.05, 4.69) is 5.32 Å². The Morgan fingerprint density at radius 3 is 3.00 bits per heavy atom. The third-order valence-electron chi connectivity index (χ3n) is 3.58. The minimum absolute atomic E-state index is 0.119. The van der Waals surface area contributed by atoms with Gasteiger partial charge in [-0.15, -0.1) is 0 Å². The lowest BCUT2D eigenvalue weighted by atomic mass is 10.2. The summed E-state index contributed by atoms with van der Waals surface area (Å²) >= 11 is 0. The number of benzene rings is 1. The van der Waals surface area contributed by atoms with Crippen molar-refractivity contribution in [1.29, 1.82) is 0 Å². The molecule has 1 fully saturated rings. The molecule has 0 spiro atoms. The van der Waals surface area contributed by atoms with Gasteiger partial charge in [0.1, 0.15) is 11.6 Å². The monoisotopic (exact) mass is 288 g/mol. The van der Waals surface area contributed by atoms with Crippen LogP contribution in [0.2, 0.25) is 0 Å². The Morgan fingerprint density at radius 1 is 1.38 bits per heavy atom. The van der Waals surface area contributed by atoms with Gasteiger partial charge in [-0.05, 0) is 31.2 Å². The molecule has 1 aromatic heterocycles. The molecule has 1 aliphatic heterocycles. The normalized spacial score (nSPS) is 18.8. The van der Waals surface area contributed by atoms with Crippen molar-refractivity contribution in [1.82, 2.24) is 10.2 Å². The van der Waals surface area contributed by atoms with Crippen molar-refractivity contribution in [2.24, 2.45) is 0 Å². The Balaban J connectivity index is 1.80. The van der Waals surface area contributed by atoms with Crippen molar-refractivity contribution in [3.8, 4) is 11.3 Å². The Hall–Kier alpha value is -2.14. The van der Waals surface area contributed by atoms with Gasteiger partial charge in [0, 0.05) is 31.2 Å². The van der Waals surface area contributed by atoms with Gasteiger partial charge in [0.05, 0.1) is 0 Å². The molecule has 1 aromatic carbocycles. The number of piperazine rings is 1. The van der Waals surface area contributed by atoms with E-state index in [4.69, 9.17) is 4.42 Å². The zero-order valence-corrected chi connectivity index (χ0v) is 11.8. The van der Waals surface area contributed by atoms with Crippen molar-refractivity contribution >= 4 is 5.91 Å². The van der Waals surface area contributed by atoms with E-state index >= 15 is 0 Å². The molecule has 4 nitrogen and oxygen atoms in total. The molecule has 1 aliphatic rings. The number of carbonyl (C=O) groups excluding carboxylic acids is 1. The molecule has 110 valence electrons. The van der Waals surface area contributed by atoms with Crippen LogP contribution < -0.4 is 5.32 Å². The number of carbonyl (C=O) groups is 1. The van der Waals surface area contributed by atoms with E-state index in [9.17, 15) is 9.18 Å². The summed E-state index contributed by atoms with van der Waals surface area (Å²) in [5.41, 5.74) is 0.628. The van der Waals surface area contributed by atoms with Gasteiger partial charge in [0.2, 0.25) is 0 Å². The molecule has 2 aromatic rings. The molecule has 1 N–H and O–H groups in total. The van der Waals surface area contributed by atoms with E-state index in [0.717, 1.165) is 6.54 Å². The first kappa shape index (κ1) is 13.8. The SMILES string of the molecule is C[C@@H]1CN(C(=O)c2ccc(-c3cccc(F)c3)o2)CCN1. The summed E-state index contributed by atoms with van der Waals surface area (Å²) in [6.07, 6.45) is 0. The zero-order valence-electron chi connectivity index (χ0n) is 11.8. The molecule has 5 heteroatoms. The predicted molar refractivity (Wildman–Crippen MR) is 77.5 cm³/mol. The molecule has 1 amide bonds. The summed E-state index contributed by atoms with van der Waals surface area (Å²) in [4.78, 5) is 14.2. The number of amides is 1. The van der Waals surface area contributed by atoms with Gasteiger partial charge in [0.15, 0.2) is 5.76 Å². The third-order valence-corrected chi connectivity index (χ3v) is 3.58. The van der Waals surface area contributed by atoms with Crippen LogP contribution in [0, 0.1) is 5.82 Å².